The largest absolute Gasteiger partial charge is 0.368 e. The number of benzene rings is 3. The molecule has 162 valence electrons. The third-order valence-corrected chi connectivity index (χ3v) is 6.10. The minimum Gasteiger partial charge on any atom is -0.368 e. The molecule has 6 nitrogen and oxygen atoms in total. The van der Waals surface area contributed by atoms with Gasteiger partial charge in [-0.2, -0.15) is 4.98 Å². The Kier molecular flexibility index (Phi) is 6.37. The number of fused-ring (bicyclic) bond motifs is 1. The van der Waals surface area contributed by atoms with Crippen molar-refractivity contribution in [2.45, 2.75) is 13.8 Å². The number of nitrogens with zero attached hydrogens (tertiary/aromatic N) is 4. The van der Waals surface area contributed by atoms with Gasteiger partial charge >= 0.3 is 0 Å². The van der Waals surface area contributed by atoms with E-state index >= 15 is 0 Å². The minimum atomic E-state index is 0.0325. The molecule has 0 radical (unpaired) electrons. The Hall–Kier alpha value is -3.45. The van der Waals surface area contributed by atoms with Crippen molar-refractivity contribution in [3.63, 3.8) is 0 Å². The predicted molar refractivity (Wildman–Crippen MR) is 134 cm³/mol. The molecule has 3 aromatic carbocycles. The Morgan fingerprint density at radius 2 is 1.62 bits per heavy atom. The first-order valence-corrected chi connectivity index (χ1v) is 11.2. The molecule has 0 saturated carbocycles. The Labute approximate surface area is 196 Å². The second-order valence-corrected chi connectivity index (χ2v) is 8.02. The molecule has 0 aliphatic rings. The van der Waals surface area contributed by atoms with Crippen LogP contribution in [0.15, 0.2) is 72.8 Å². The van der Waals surface area contributed by atoms with E-state index in [1.807, 2.05) is 95.5 Å². The highest BCUT2D eigenvalue weighted by Gasteiger charge is 2.16. The van der Waals surface area contributed by atoms with E-state index in [0.717, 1.165) is 27.7 Å². The third-order valence-electron chi connectivity index (χ3n) is 5.36. The molecular weight excluding hydrogens is 466 g/mol. The van der Waals surface area contributed by atoms with Crippen LogP contribution >= 0.6 is 16.1 Å². The van der Waals surface area contributed by atoms with Gasteiger partial charge in [-0.1, -0.05) is 36.4 Å². The van der Waals surface area contributed by atoms with Gasteiger partial charge in [-0.15, -0.1) is 0 Å². The van der Waals surface area contributed by atoms with Crippen molar-refractivity contribution in [1.29, 1.82) is 0 Å². The van der Waals surface area contributed by atoms with Crippen molar-refractivity contribution < 1.29 is 4.79 Å². The maximum Gasteiger partial charge on any atom is 0.253 e. The summed E-state index contributed by atoms with van der Waals surface area (Å²) >= 11 is 3.63. The van der Waals surface area contributed by atoms with Gasteiger partial charge in [0.2, 0.25) is 5.95 Å². The van der Waals surface area contributed by atoms with Gasteiger partial charge in [-0.05, 0) is 61.4 Å². The van der Waals surface area contributed by atoms with Crippen molar-refractivity contribution in [2.75, 3.05) is 22.7 Å². The number of hydrogen-bond acceptors (Lipinski definition) is 5. The number of hydrogen-bond donors (Lipinski definition) is 1. The summed E-state index contributed by atoms with van der Waals surface area (Å²) in [5.74, 6) is 0.883. The summed E-state index contributed by atoms with van der Waals surface area (Å²) < 4.78 is 1.82. The lowest BCUT2D eigenvalue weighted by Crippen LogP contribution is -2.30. The molecule has 0 unspecified atom stereocenters. The molecule has 1 amide bonds. The Bertz CT molecular complexity index is 1260. The molecule has 4 rings (SSSR count). The molecule has 1 aromatic heterocycles. The van der Waals surface area contributed by atoms with Crippen LogP contribution in [0.2, 0.25) is 0 Å². The lowest BCUT2D eigenvalue weighted by atomic mass is 10.0. The molecule has 2 N–H and O–H groups in total. The fourth-order valence-corrected chi connectivity index (χ4v) is 4.17. The summed E-state index contributed by atoms with van der Waals surface area (Å²) in [6, 6.07) is 23.5. The molecule has 0 aliphatic carbocycles. The van der Waals surface area contributed by atoms with Crippen LogP contribution in [0.4, 0.5) is 17.5 Å². The monoisotopic (exact) mass is 489 g/mol. The lowest BCUT2D eigenvalue weighted by molar-refractivity contribution is 0.0773. The van der Waals surface area contributed by atoms with Gasteiger partial charge in [0.25, 0.3) is 5.91 Å². The first kappa shape index (κ1) is 21.8. The van der Waals surface area contributed by atoms with Crippen LogP contribution in [-0.4, -0.2) is 33.9 Å². The van der Waals surface area contributed by atoms with E-state index in [0.29, 0.717) is 24.5 Å². The maximum absolute atomic E-state index is 12.8. The number of halogens is 1. The van der Waals surface area contributed by atoms with Gasteiger partial charge in [0.15, 0.2) is 5.82 Å². The van der Waals surface area contributed by atoms with Gasteiger partial charge in [0, 0.05) is 24.0 Å². The van der Waals surface area contributed by atoms with E-state index in [-0.39, 0.29) is 11.9 Å². The van der Waals surface area contributed by atoms with E-state index in [1.165, 1.54) is 0 Å². The van der Waals surface area contributed by atoms with Crippen molar-refractivity contribution in [3.8, 4) is 11.1 Å². The van der Waals surface area contributed by atoms with Crippen LogP contribution in [0.1, 0.15) is 24.2 Å². The average molecular weight is 490 g/mol. The van der Waals surface area contributed by atoms with Gasteiger partial charge in [0.1, 0.15) is 0 Å². The van der Waals surface area contributed by atoms with Crippen LogP contribution < -0.4 is 9.66 Å². The zero-order chi connectivity index (χ0) is 22.7. The first-order chi connectivity index (χ1) is 15.5. The fraction of sp³-hybridized carbons (Fsp3) is 0.160. The molecule has 0 aliphatic heterocycles. The summed E-state index contributed by atoms with van der Waals surface area (Å²) in [5.41, 5.74) is 10.2. The number of anilines is 3. The number of rotatable bonds is 6. The molecule has 0 saturated heterocycles. The second kappa shape index (κ2) is 9.36. The van der Waals surface area contributed by atoms with Crippen LogP contribution in [0, 0.1) is 0 Å². The van der Waals surface area contributed by atoms with Crippen LogP contribution in [0.3, 0.4) is 0 Å². The van der Waals surface area contributed by atoms with E-state index in [2.05, 4.69) is 26.1 Å². The van der Waals surface area contributed by atoms with Gasteiger partial charge in [-0.3, -0.25) is 8.72 Å². The highest BCUT2D eigenvalue weighted by atomic mass is 79.9. The number of amides is 1. The van der Waals surface area contributed by atoms with Crippen molar-refractivity contribution in [2.24, 2.45) is 0 Å². The van der Waals surface area contributed by atoms with Crippen molar-refractivity contribution in [1.82, 2.24) is 14.9 Å². The quantitative estimate of drug-likeness (QED) is 0.346. The smallest absolute Gasteiger partial charge is 0.253 e. The summed E-state index contributed by atoms with van der Waals surface area (Å²) in [4.78, 5) is 23.5. The van der Waals surface area contributed by atoms with Crippen LogP contribution in [0.5, 0.6) is 0 Å². The van der Waals surface area contributed by atoms with Crippen LogP contribution in [0.25, 0.3) is 22.0 Å². The van der Waals surface area contributed by atoms with Crippen molar-refractivity contribution in [3.05, 3.63) is 78.4 Å². The average Bonchev–Trinajstić information content (AvgIpc) is 2.84. The van der Waals surface area contributed by atoms with Crippen LogP contribution in [-0.2, 0) is 0 Å². The molecule has 7 heteroatoms. The van der Waals surface area contributed by atoms with Gasteiger partial charge < -0.3 is 10.6 Å². The standard InChI is InChI=1S/C25H24BrN5O/c1-3-30(4-2)24(32)19-10-8-9-17(15-19)18-13-14-22-21(16-18)23(29-25(27)28-22)31(26)20-11-6-5-7-12-20/h5-16H,3-4H2,1-2H3,(H2,27,28,29). The topological polar surface area (TPSA) is 75.3 Å². The summed E-state index contributed by atoms with van der Waals surface area (Å²) in [5, 5.41) is 0.845. The number of nitrogen functional groups attached to an aromatic ring is 1. The SMILES string of the molecule is CCN(CC)C(=O)c1cccc(-c2ccc3nc(N)nc(N(Br)c4ccccc4)c3c2)c1. The first-order valence-electron chi connectivity index (χ1n) is 10.5. The van der Waals surface area contributed by atoms with E-state index < -0.39 is 0 Å². The number of carbonyl (C=O) groups excluding carboxylic acids is 1. The van der Waals surface area contributed by atoms with E-state index in [1.54, 1.807) is 0 Å². The van der Waals surface area contributed by atoms with Crippen molar-refractivity contribution >= 4 is 50.4 Å². The Morgan fingerprint density at radius 3 is 2.34 bits per heavy atom. The molecular formula is C25H24BrN5O. The molecule has 0 bridgehead atoms. The number of nitrogens with two attached hydrogens (primary N) is 1. The second-order valence-electron chi connectivity index (χ2n) is 7.31. The van der Waals surface area contributed by atoms with E-state index in [9.17, 15) is 4.79 Å². The number of aromatic nitrogens is 2. The molecule has 1 heterocycles. The highest BCUT2D eigenvalue weighted by molar-refractivity contribution is 9.10. The lowest BCUT2D eigenvalue weighted by Gasteiger charge is -2.19. The molecule has 0 spiro atoms. The molecule has 4 aromatic rings. The van der Waals surface area contributed by atoms with E-state index in [4.69, 9.17) is 5.73 Å². The van der Waals surface area contributed by atoms with Gasteiger partial charge in [-0.25, -0.2) is 4.98 Å². The third kappa shape index (κ3) is 4.29. The maximum atomic E-state index is 12.8. The zero-order valence-corrected chi connectivity index (χ0v) is 19.6. The number of para-hydroxylation sites is 1. The highest BCUT2D eigenvalue weighted by Crippen LogP contribution is 2.35. The Morgan fingerprint density at radius 1 is 0.906 bits per heavy atom. The predicted octanol–water partition coefficient (Wildman–Crippen LogP) is 5.81. The molecule has 0 atom stereocenters. The molecule has 0 fully saturated rings. The Balaban J connectivity index is 1.80. The summed E-state index contributed by atoms with van der Waals surface area (Å²) in [7, 11) is 0. The number of carbonyl (C=O) groups is 1. The summed E-state index contributed by atoms with van der Waals surface area (Å²) in [6.45, 7) is 5.33. The fourth-order valence-electron chi connectivity index (χ4n) is 3.67. The normalized spacial score (nSPS) is 10.8. The molecule has 32 heavy (non-hydrogen) atoms. The minimum absolute atomic E-state index is 0.0325. The summed E-state index contributed by atoms with van der Waals surface area (Å²) in [6.07, 6.45) is 0. The van der Waals surface area contributed by atoms with Gasteiger partial charge in [0.05, 0.1) is 27.4 Å². The zero-order valence-electron chi connectivity index (χ0n) is 18.0.